The van der Waals surface area contributed by atoms with E-state index >= 15 is 0 Å². The van der Waals surface area contributed by atoms with Crippen molar-refractivity contribution in [2.75, 3.05) is 0 Å². The Kier molecular flexibility index (Phi) is 4.25. The Balaban J connectivity index is 1.55. The van der Waals surface area contributed by atoms with Crippen LogP contribution in [-0.4, -0.2) is 17.3 Å². The Bertz CT molecular complexity index is 744. The number of rotatable bonds is 5. The molecule has 4 rings (SSSR count). The van der Waals surface area contributed by atoms with E-state index in [-0.39, 0.29) is 23.1 Å². The Morgan fingerprint density at radius 1 is 1.28 bits per heavy atom. The third kappa shape index (κ3) is 2.75. The van der Waals surface area contributed by atoms with Gasteiger partial charge >= 0.3 is 0 Å². The number of ether oxygens (including phenoxy) is 2. The van der Waals surface area contributed by atoms with Crippen LogP contribution in [0, 0.1) is 11.7 Å². The van der Waals surface area contributed by atoms with Gasteiger partial charge in [0.25, 0.3) is 0 Å². The van der Waals surface area contributed by atoms with Crippen LogP contribution in [0.2, 0.25) is 0 Å². The standard InChI is InChI=1S/C21H25FO2S/c1-14(2)21-11-19(23-12-15-6-4-5-7-18(15)22)20(3,24-21)10-17(21)16-8-9-25-13-16/h4-9,13-14,17,19H,10-12H2,1-3H3/t17?,19-,20+,21-/m1/s1. The number of fused-ring (bicyclic) bond motifs is 2. The lowest BCUT2D eigenvalue weighted by atomic mass is 9.66. The van der Waals surface area contributed by atoms with E-state index in [0.717, 1.165) is 12.8 Å². The van der Waals surface area contributed by atoms with E-state index in [2.05, 4.69) is 37.6 Å². The summed E-state index contributed by atoms with van der Waals surface area (Å²) in [5.41, 5.74) is 1.51. The van der Waals surface area contributed by atoms with Crippen molar-refractivity contribution in [1.29, 1.82) is 0 Å². The molecule has 2 saturated heterocycles. The summed E-state index contributed by atoms with van der Waals surface area (Å²) in [6.07, 6.45) is 1.84. The molecule has 25 heavy (non-hydrogen) atoms. The molecule has 2 nitrogen and oxygen atoms in total. The summed E-state index contributed by atoms with van der Waals surface area (Å²) < 4.78 is 26.7. The first-order chi connectivity index (χ1) is 11.9. The summed E-state index contributed by atoms with van der Waals surface area (Å²) in [7, 11) is 0. The fourth-order valence-corrected chi connectivity index (χ4v) is 5.40. The van der Waals surface area contributed by atoms with Crippen LogP contribution < -0.4 is 0 Å². The van der Waals surface area contributed by atoms with E-state index in [1.54, 1.807) is 23.5 Å². The van der Waals surface area contributed by atoms with Crippen LogP contribution in [0.15, 0.2) is 41.1 Å². The predicted octanol–water partition coefficient (Wildman–Crippen LogP) is 5.53. The molecule has 4 atom stereocenters. The van der Waals surface area contributed by atoms with Gasteiger partial charge in [-0.25, -0.2) is 4.39 Å². The van der Waals surface area contributed by atoms with Crippen LogP contribution in [0.3, 0.4) is 0 Å². The minimum Gasteiger partial charge on any atom is -0.370 e. The van der Waals surface area contributed by atoms with Crippen molar-refractivity contribution in [3.8, 4) is 0 Å². The molecule has 2 aliphatic heterocycles. The number of benzene rings is 1. The minimum absolute atomic E-state index is 0.00407. The van der Waals surface area contributed by atoms with Gasteiger partial charge in [0.15, 0.2) is 0 Å². The lowest BCUT2D eigenvalue weighted by Gasteiger charge is -2.38. The molecule has 0 saturated carbocycles. The first kappa shape index (κ1) is 17.2. The quantitative estimate of drug-likeness (QED) is 0.697. The normalized spacial score (nSPS) is 34.1. The summed E-state index contributed by atoms with van der Waals surface area (Å²) in [6, 6.07) is 9.06. The first-order valence-corrected chi connectivity index (χ1v) is 9.96. The molecule has 1 unspecified atom stereocenters. The topological polar surface area (TPSA) is 18.5 Å². The van der Waals surface area contributed by atoms with Gasteiger partial charge in [0.05, 0.1) is 23.9 Å². The second-order valence-corrected chi connectivity index (χ2v) is 8.71. The zero-order chi connectivity index (χ0) is 17.7. The zero-order valence-corrected chi connectivity index (χ0v) is 15.8. The summed E-state index contributed by atoms with van der Waals surface area (Å²) in [5.74, 6) is 0.616. The zero-order valence-electron chi connectivity index (χ0n) is 15.0. The van der Waals surface area contributed by atoms with Crippen molar-refractivity contribution in [2.45, 2.75) is 63.4 Å². The number of halogens is 1. The molecular weight excluding hydrogens is 335 g/mol. The second kappa shape index (κ2) is 6.19. The first-order valence-electron chi connectivity index (χ1n) is 9.02. The van der Waals surface area contributed by atoms with E-state index in [1.807, 2.05) is 6.07 Å². The summed E-state index contributed by atoms with van der Waals surface area (Å²) in [5, 5.41) is 4.39. The molecule has 2 aromatic rings. The van der Waals surface area contributed by atoms with Gasteiger partial charge in [0, 0.05) is 17.9 Å². The third-order valence-corrected chi connectivity index (χ3v) is 6.83. The highest BCUT2D eigenvalue weighted by Crippen LogP contribution is 2.61. The number of thiophene rings is 1. The molecule has 0 amide bonds. The minimum atomic E-state index is -0.303. The lowest BCUT2D eigenvalue weighted by Crippen LogP contribution is -2.43. The molecule has 1 aromatic heterocycles. The Labute approximate surface area is 153 Å². The molecule has 134 valence electrons. The van der Waals surface area contributed by atoms with Gasteiger partial charge in [0.2, 0.25) is 0 Å². The monoisotopic (exact) mass is 360 g/mol. The average Bonchev–Trinajstić information content (AvgIpc) is 3.26. The maximum absolute atomic E-state index is 13.9. The number of hydrogen-bond acceptors (Lipinski definition) is 3. The van der Waals surface area contributed by atoms with Crippen LogP contribution in [0.1, 0.15) is 50.7 Å². The fourth-order valence-electron chi connectivity index (χ4n) is 4.68. The summed E-state index contributed by atoms with van der Waals surface area (Å²) in [6.45, 7) is 6.94. The van der Waals surface area contributed by atoms with Gasteiger partial charge in [-0.3, -0.25) is 0 Å². The van der Waals surface area contributed by atoms with Gasteiger partial charge in [-0.2, -0.15) is 11.3 Å². The van der Waals surface area contributed by atoms with Crippen molar-refractivity contribution in [3.05, 3.63) is 58.0 Å². The van der Waals surface area contributed by atoms with Crippen molar-refractivity contribution in [2.24, 2.45) is 5.92 Å². The molecule has 0 N–H and O–H groups in total. The van der Waals surface area contributed by atoms with Gasteiger partial charge in [-0.05, 0) is 47.7 Å². The Morgan fingerprint density at radius 3 is 2.76 bits per heavy atom. The number of hydrogen-bond donors (Lipinski definition) is 0. The SMILES string of the molecule is CC(C)[C@]12C[C@@H](OCc3ccccc3F)[C@](C)(CC1c1ccsc1)O2. The van der Waals surface area contributed by atoms with Gasteiger partial charge in [-0.1, -0.05) is 32.0 Å². The van der Waals surface area contributed by atoms with Crippen LogP contribution in [0.25, 0.3) is 0 Å². The van der Waals surface area contributed by atoms with E-state index in [1.165, 1.54) is 11.6 Å². The highest BCUT2D eigenvalue weighted by Gasteiger charge is 2.65. The van der Waals surface area contributed by atoms with E-state index in [0.29, 0.717) is 24.0 Å². The third-order valence-electron chi connectivity index (χ3n) is 6.13. The highest BCUT2D eigenvalue weighted by atomic mass is 32.1. The van der Waals surface area contributed by atoms with Crippen LogP contribution in [0.5, 0.6) is 0 Å². The highest BCUT2D eigenvalue weighted by molar-refractivity contribution is 7.08. The molecule has 4 heteroatoms. The van der Waals surface area contributed by atoms with Crippen LogP contribution in [0.4, 0.5) is 4.39 Å². The largest absolute Gasteiger partial charge is 0.370 e. The maximum atomic E-state index is 13.9. The Hall–Kier alpha value is -1.23. The summed E-state index contributed by atoms with van der Waals surface area (Å²) in [4.78, 5) is 0. The smallest absolute Gasteiger partial charge is 0.128 e. The molecule has 1 aromatic carbocycles. The van der Waals surface area contributed by atoms with Crippen molar-refractivity contribution >= 4 is 11.3 Å². The van der Waals surface area contributed by atoms with Gasteiger partial charge < -0.3 is 9.47 Å². The van der Waals surface area contributed by atoms with Crippen LogP contribution in [-0.2, 0) is 16.1 Å². The second-order valence-electron chi connectivity index (χ2n) is 7.93. The van der Waals surface area contributed by atoms with E-state index < -0.39 is 0 Å². The van der Waals surface area contributed by atoms with Gasteiger partial charge in [-0.15, -0.1) is 0 Å². The van der Waals surface area contributed by atoms with Crippen molar-refractivity contribution in [3.63, 3.8) is 0 Å². The molecule has 0 radical (unpaired) electrons. The maximum Gasteiger partial charge on any atom is 0.128 e. The molecule has 2 fully saturated rings. The molecule has 2 bridgehead atoms. The molecular formula is C21H25FO2S. The molecule has 2 aliphatic rings. The molecule has 3 heterocycles. The average molecular weight is 360 g/mol. The Morgan fingerprint density at radius 2 is 2.08 bits per heavy atom. The van der Waals surface area contributed by atoms with Gasteiger partial charge in [0.1, 0.15) is 5.82 Å². The lowest BCUT2D eigenvalue weighted by molar-refractivity contribution is -0.0974. The predicted molar refractivity (Wildman–Crippen MR) is 98.3 cm³/mol. The van der Waals surface area contributed by atoms with E-state index in [4.69, 9.17) is 9.47 Å². The van der Waals surface area contributed by atoms with Crippen molar-refractivity contribution < 1.29 is 13.9 Å². The fraction of sp³-hybridized carbons (Fsp3) is 0.524. The van der Waals surface area contributed by atoms with Crippen LogP contribution >= 0.6 is 11.3 Å². The van der Waals surface area contributed by atoms with Crippen molar-refractivity contribution in [1.82, 2.24) is 0 Å². The summed E-state index contributed by atoms with van der Waals surface area (Å²) >= 11 is 1.74. The molecule has 0 spiro atoms. The van der Waals surface area contributed by atoms with E-state index in [9.17, 15) is 4.39 Å². The molecule has 0 aliphatic carbocycles.